The summed E-state index contributed by atoms with van der Waals surface area (Å²) in [7, 11) is -2.14. The van der Waals surface area contributed by atoms with Gasteiger partial charge in [-0.05, 0) is 30.5 Å². The number of carbonyl (C=O) groups is 2. The van der Waals surface area contributed by atoms with Crippen LogP contribution in [-0.2, 0) is 15.6 Å². The number of carbonyl (C=O) groups excluding carboxylic acids is 2. The smallest absolute Gasteiger partial charge is 0.402 e. The van der Waals surface area contributed by atoms with Crippen molar-refractivity contribution in [3.63, 3.8) is 0 Å². The molecule has 0 heterocycles. The summed E-state index contributed by atoms with van der Waals surface area (Å²) in [6.45, 7) is 2.88. The third kappa shape index (κ3) is 7.93. The van der Waals surface area contributed by atoms with Crippen LogP contribution in [0.2, 0.25) is 0 Å². The molecule has 1 unspecified atom stereocenters. The van der Waals surface area contributed by atoms with Gasteiger partial charge < -0.3 is 25.3 Å². The second-order valence-corrected chi connectivity index (χ2v) is 6.02. The number of hydrogen-bond donors (Lipinski definition) is 4. The summed E-state index contributed by atoms with van der Waals surface area (Å²) in [5, 5.41) is 21.9. The van der Waals surface area contributed by atoms with Crippen LogP contribution in [0.25, 0.3) is 0 Å². The maximum atomic E-state index is 13.6. The van der Waals surface area contributed by atoms with Crippen molar-refractivity contribution in [1.29, 1.82) is 0 Å². The normalized spacial score (nSPS) is 12.6. The molecule has 1 atom stereocenters. The molecule has 4 N–H and O–H groups in total. The van der Waals surface area contributed by atoms with Crippen LogP contribution in [0, 0.1) is 11.7 Å². The van der Waals surface area contributed by atoms with Crippen molar-refractivity contribution < 1.29 is 41.9 Å². The van der Waals surface area contributed by atoms with Gasteiger partial charge in [0.2, 0.25) is 5.91 Å². The van der Waals surface area contributed by atoms with Crippen LogP contribution in [0.1, 0.15) is 36.2 Å². The van der Waals surface area contributed by atoms with E-state index >= 15 is 0 Å². The molecule has 1 aromatic carbocycles. The first-order valence-corrected chi connectivity index (χ1v) is 7.86. The molecule has 12 heteroatoms. The summed E-state index contributed by atoms with van der Waals surface area (Å²) >= 11 is 0. The van der Waals surface area contributed by atoms with E-state index in [2.05, 4.69) is 9.97 Å². The van der Waals surface area contributed by atoms with Gasteiger partial charge in [-0.15, -0.1) is 0 Å². The van der Waals surface area contributed by atoms with Crippen LogP contribution in [0.5, 0.6) is 0 Å². The van der Waals surface area contributed by atoms with Crippen LogP contribution in [-0.4, -0.2) is 42.0 Å². The molecule has 1 rings (SSSR count). The van der Waals surface area contributed by atoms with Crippen molar-refractivity contribution in [2.24, 2.45) is 5.92 Å². The van der Waals surface area contributed by atoms with Gasteiger partial charge in [0.05, 0.1) is 17.7 Å². The van der Waals surface area contributed by atoms with E-state index in [4.69, 9.17) is 10.0 Å². The van der Waals surface area contributed by atoms with Crippen molar-refractivity contribution in [2.45, 2.75) is 32.7 Å². The Balaban J connectivity index is 2.71. The Morgan fingerprint density at radius 1 is 1.26 bits per heavy atom. The molecule has 0 fully saturated rings. The highest BCUT2D eigenvalue weighted by Gasteiger charge is 2.32. The second-order valence-electron chi connectivity index (χ2n) is 6.02. The van der Waals surface area contributed by atoms with Crippen molar-refractivity contribution in [3.8, 4) is 0 Å². The van der Waals surface area contributed by atoms with E-state index in [1.54, 1.807) is 13.8 Å². The molecule has 7 nitrogen and oxygen atoms in total. The molecule has 0 aromatic heterocycles. The zero-order chi connectivity index (χ0) is 20.8. The maximum absolute atomic E-state index is 13.6. The number of amides is 2. The Bertz CT molecular complexity index is 660. The minimum atomic E-state index is -4.76. The van der Waals surface area contributed by atoms with E-state index in [-0.39, 0.29) is 12.3 Å². The van der Waals surface area contributed by atoms with Crippen molar-refractivity contribution in [1.82, 2.24) is 10.6 Å². The Labute approximate surface area is 152 Å². The van der Waals surface area contributed by atoms with Gasteiger partial charge in [0.1, 0.15) is 12.0 Å². The highest BCUT2D eigenvalue weighted by atomic mass is 19.4. The predicted octanol–water partition coefficient (Wildman–Crippen LogP) is 1.05. The van der Waals surface area contributed by atoms with Gasteiger partial charge in [0, 0.05) is 0 Å². The number of nitrogens with one attached hydrogen (secondary N) is 2. The quantitative estimate of drug-likeness (QED) is 0.300. The molecule has 27 heavy (non-hydrogen) atoms. The minimum Gasteiger partial charge on any atom is -0.402 e. The molecular weight excluding hydrogens is 375 g/mol. The zero-order valence-electron chi connectivity index (χ0n) is 14.5. The number of halogens is 4. The lowest BCUT2D eigenvalue weighted by Crippen LogP contribution is -2.46. The minimum absolute atomic E-state index is 0.0165. The molecule has 2 amide bonds. The van der Waals surface area contributed by atoms with Crippen molar-refractivity contribution >= 4 is 19.1 Å². The summed E-state index contributed by atoms with van der Waals surface area (Å²) in [6, 6.07) is 1.34. The fraction of sp³-hybridized carbons (Fsp3) is 0.467. The summed E-state index contributed by atoms with van der Waals surface area (Å²) in [4.78, 5) is 23.7. The molecule has 0 bridgehead atoms. The molecule has 0 radical (unpaired) electrons. The summed E-state index contributed by atoms with van der Waals surface area (Å²) in [6.07, 6.45) is -5.61. The Morgan fingerprint density at radius 2 is 1.89 bits per heavy atom. The molecular formula is C15H19BF4N2O5. The topological polar surface area (TPSA) is 108 Å². The van der Waals surface area contributed by atoms with Gasteiger partial charge in [-0.3, -0.25) is 9.59 Å². The fourth-order valence-corrected chi connectivity index (χ4v) is 2.09. The first-order valence-electron chi connectivity index (χ1n) is 7.86. The predicted molar refractivity (Wildman–Crippen MR) is 86.4 cm³/mol. The average molecular weight is 394 g/mol. The fourth-order valence-electron chi connectivity index (χ4n) is 2.09. The van der Waals surface area contributed by atoms with Gasteiger partial charge in [0.25, 0.3) is 5.91 Å². The Morgan fingerprint density at radius 3 is 2.41 bits per heavy atom. The summed E-state index contributed by atoms with van der Waals surface area (Å²) in [5.74, 6) is -3.19. The van der Waals surface area contributed by atoms with E-state index in [9.17, 15) is 27.2 Å². The highest BCUT2D eigenvalue weighted by Crippen LogP contribution is 2.30. The molecule has 0 aliphatic rings. The Kier molecular flexibility index (Phi) is 8.19. The second kappa shape index (κ2) is 9.67. The van der Waals surface area contributed by atoms with Crippen LogP contribution >= 0.6 is 0 Å². The first kappa shape index (κ1) is 22.9. The lowest BCUT2D eigenvalue weighted by molar-refractivity contribution is -0.137. The SMILES string of the molecule is CC(C)CC(NC(=O)CNC(=O)c1cc(C(F)(F)F)ccc1F)OB(O)O. The average Bonchev–Trinajstić information content (AvgIpc) is 2.50. The van der Waals surface area contributed by atoms with E-state index in [0.29, 0.717) is 18.2 Å². The molecule has 0 aliphatic heterocycles. The molecule has 1 aromatic rings. The van der Waals surface area contributed by atoms with Crippen molar-refractivity contribution in [2.75, 3.05) is 6.54 Å². The molecule has 0 spiro atoms. The van der Waals surface area contributed by atoms with Crippen LogP contribution in [0.15, 0.2) is 18.2 Å². The molecule has 150 valence electrons. The van der Waals surface area contributed by atoms with Gasteiger partial charge in [-0.25, -0.2) is 4.39 Å². The van der Waals surface area contributed by atoms with Crippen LogP contribution in [0.4, 0.5) is 17.6 Å². The highest BCUT2D eigenvalue weighted by molar-refractivity contribution is 6.32. The molecule has 0 saturated heterocycles. The molecule has 0 aliphatic carbocycles. The van der Waals surface area contributed by atoms with Gasteiger partial charge >= 0.3 is 13.5 Å². The number of benzene rings is 1. The first-order chi connectivity index (χ1) is 12.4. The van der Waals surface area contributed by atoms with Gasteiger partial charge in [-0.1, -0.05) is 13.8 Å². The summed E-state index contributed by atoms with van der Waals surface area (Å²) < 4.78 is 56.3. The van der Waals surface area contributed by atoms with Crippen molar-refractivity contribution in [3.05, 3.63) is 35.1 Å². The third-order valence-corrected chi connectivity index (χ3v) is 3.24. The van der Waals surface area contributed by atoms with E-state index in [1.165, 1.54) is 0 Å². The maximum Gasteiger partial charge on any atom is 0.635 e. The lowest BCUT2D eigenvalue weighted by atomic mass is 10.1. The number of hydrogen-bond acceptors (Lipinski definition) is 5. The van der Waals surface area contributed by atoms with E-state index in [1.807, 2.05) is 5.32 Å². The van der Waals surface area contributed by atoms with Gasteiger partial charge in [-0.2, -0.15) is 13.2 Å². The third-order valence-electron chi connectivity index (χ3n) is 3.24. The monoisotopic (exact) mass is 394 g/mol. The summed E-state index contributed by atoms with van der Waals surface area (Å²) in [5.41, 5.74) is -2.07. The number of alkyl halides is 3. The van der Waals surface area contributed by atoms with E-state index in [0.717, 1.165) is 0 Å². The molecule has 0 saturated carbocycles. The largest absolute Gasteiger partial charge is 0.635 e. The Hall–Kier alpha value is -2.18. The standard InChI is InChI=1S/C15H19BF4N2O5/c1-8(2)5-13(27-16(25)26)22-12(23)7-21-14(24)10-6-9(15(18,19)20)3-4-11(10)17/h3-4,6,8,13,25-26H,5,7H2,1-2H3,(H,21,24)(H,22,23). The van der Waals surface area contributed by atoms with E-state index < -0.39 is 55.0 Å². The van der Waals surface area contributed by atoms with Crippen LogP contribution in [0.3, 0.4) is 0 Å². The lowest BCUT2D eigenvalue weighted by Gasteiger charge is -2.21. The number of rotatable bonds is 8. The van der Waals surface area contributed by atoms with Gasteiger partial charge in [0.15, 0.2) is 0 Å². The zero-order valence-corrected chi connectivity index (χ0v) is 14.5. The van der Waals surface area contributed by atoms with Crippen LogP contribution < -0.4 is 10.6 Å².